The van der Waals surface area contributed by atoms with Crippen LogP contribution in [0.15, 0.2) is 22.0 Å². The van der Waals surface area contributed by atoms with Crippen molar-refractivity contribution < 1.29 is 0 Å². The molecule has 2 rings (SSSR count). The maximum absolute atomic E-state index is 4.53. The molecule has 0 aliphatic carbocycles. The molecule has 0 atom stereocenters. The molecule has 4 nitrogen and oxygen atoms in total. The van der Waals surface area contributed by atoms with Crippen LogP contribution in [0, 0.1) is 0 Å². The molecule has 0 fully saturated rings. The van der Waals surface area contributed by atoms with E-state index in [1.54, 1.807) is 11.3 Å². The number of anilines is 2. The second-order valence-corrected chi connectivity index (χ2v) is 7.01. The molecule has 0 saturated carbocycles. The predicted octanol–water partition coefficient (Wildman–Crippen LogP) is 4.08. The van der Waals surface area contributed by atoms with Gasteiger partial charge in [-0.05, 0) is 28.1 Å². The molecule has 0 aliphatic rings. The van der Waals surface area contributed by atoms with Crippen molar-refractivity contribution in [1.29, 1.82) is 0 Å². The summed E-state index contributed by atoms with van der Waals surface area (Å²) < 4.78 is 1.14. The lowest BCUT2D eigenvalue weighted by molar-refractivity contribution is 0.776. The molecular weight excluding hydrogens is 324 g/mol. The number of nitrogens with one attached hydrogen (secondary N) is 2. The lowest BCUT2D eigenvalue weighted by atomic mass is 10.2. The van der Waals surface area contributed by atoms with Crippen molar-refractivity contribution in [3.8, 4) is 0 Å². The minimum atomic E-state index is 0.310. The van der Waals surface area contributed by atoms with Crippen LogP contribution in [0.2, 0.25) is 0 Å². The minimum absolute atomic E-state index is 0.310. The highest BCUT2D eigenvalue weighted by atomic mass is 79.9. The Morgan fingerprint density at radius 3 is 2.58 bits per heavy atom. The first kappa shape index (κ1) is 14.3. The van der Waals surface area contributed by atoms with Crippen LogP contribution in [-0.4, -0.2) is 17.0 Å². The fourth-order valence-electron chi connectivity index (χ4n) is 1.57. The van der Waals surface area contributed by atoms with E-state index in [0.29, 0.717) is 5.92 Å². The van der Waals surface area contributed by atoms with E-state index >= 15 is 0 Å². The molecular formula is C13H17BrN4S. The van der Waals surface area contributed by atoms with Gasteiger partial charge in [-0.3, -0.25) is 0 Å². The molecule has 0 amide bonds. The highest BCUT2D eigenvalue weighted by molar-refractivity contribution is 9.11. The lowest BCUT2D eigenvalue weighted by Gasteiger charge is -2.11. The van der Waals surface area contributed by atoms with Crippen molar-refractivity contribution in [1.82, 2.24) is 9.97 Å². The zero-order valence-corrected chi connectivity index (χ0v) is 13.6. The lowest BCUT2D eigenvalue weighted by Crippen LogP contribution is -2.07. The SMILES string of the molecule is CNc1cc(NCc2ccc(Br)s2)nc(C(C)C)n1. The van der Waals surface area contributed by atoms with E-state index in [9.17, 15) is 0 Å². The van der Waals surface area contributed by atoms with E-state index in [2.05, 4.69) is 62.5 Å². The van der Waals surface area contributed by atoms with Crippen molar-refractivity contribution in [2.45, 2.75) is 26.3 Å². The Morgan fingerprint density at radius 2 is 2.00 bits per heavy atom. The van der Waals surface area contributed by atoms with Crippen molar-refractivity contribution >= 4 is 38.9 Å². The van der Waals surface area contributed by atoms with Gasteiger partial charge in [0.15, 0.2) is 0 Å². The fraction of sp³-hybridized carbons (Fsp3) is 0.385. The second-order valence-electron chi connectivity index (χ2n) is 4.46. The molecule has 0 saturated heterocycles. The van der Waals surface area contributed by atoms with Crippen molar-refractivity contribution in [2.24, 2.45) is 0 Å². The third kappa shape index (κ3) is 3.91. The van der Waals surface area contributed by atoms with Gasteiger partial charge in [-0.25, -0.2) is 9.97 Å². The number of hydrogen-bond donors (Lipinski definition) is 2. The number of thiophene rings is 1. The predicted molar refractivity (Wildman–Crippen MR) is 85.0 cm³/mol. The summed E-state index contributed by atoms with van der Waals surface area (Å²) in [7, 11) is 1.87. The maximum atomic E-state index is 4.53. The van der Waals surface area contributed by atoms with Crippen LogP contribution in [0.3, 0.4) is 0 Å². The van der Waals surface area contributed by atoms with Crippen LogP contribution < -0.4 is 10.6 Å². The van der Waals surface area contributed by atoms with Crippen LogP contribution in [0.4, 0.5) is 11.6 Å². The van der Waals surface area contributed by atoms with Gasteiger partial charge in [-0.15, -0.1) is 11.3 Å². The van der Waals surface area contributed by atoms with Crippen molar-refractivity contribution in [2.75, 3.05) is 17.7 Å². The number of halogens is 1. The summed E-state index contributed by atoms with van der Waals surface area (Å²) in [4.78, 5) is 10.2. The topological polar surface area (TPSA) is 49.8 Å². The molecule has 2 aromatic rings. The summed E-state index contributed by atoms with van der Waals surface area (Å²) in [6.07, 6.45) is 0. The average Bonchev–Trinajstić information content (AvgIpc) is 2.81. The summed E-state index contributed by atoms with van der Waals surface area (Å²) in [6, 6.07) is 6.08. The molecule has 6 heteroatoms. The van der Waals surface area contributed by atoms with Crippen LogP contribution in [0.5, 0.6) is 0 Å². The highest BCUT2D eigenvalue weighted by Gasteiger charge is 2.07. The Bertz CT molecular complexity index is 553. The summed E-state index contributed by atoms with van der Waals surface area (Å²) in [5.74, 6) is 2.85. The summed E-state index contributed by atoms with van der Waals surface area (Å²) in [6.45, 7) is 4.96. The molecule has 102 valence electrons. The number of hydrogen-bond acceptors (Lipinski definition) is 5. The van der Waals surface area contributed by atoms with E-state index in [0.717, 1.165) is 27.8 Å². The molecule has 0 radical (unpaired) electrons. The average molecular weight is 341 g/mol. The first-order valence-corrected chi connectivity index (χ1v) is 7.74. The Hall–Kier alpha value is -1.14. The van der Waals surface area contributed by atoms with Crippen LogP contribution >= 0.6 is 27.3 Å². The van der Waals surface area contributed by atoms with E-state index in [1.807, 2.05) is 13.1 Å². The Kier molecular flexibility index (Phi) is 4.76. The smallest absolute Gasteiger partial charge is 0.135 e. The van der Waals surface area contributed by atoms with Crippen LogP contribution in [0.25, 0.3) is 0 Å². The summed E-state index contributed by atoms with van der Waals surface area (Å²) in [5, 5.41) is 6.41. The van der Waals surface area contributed by atoms with Gasteiger partial charge in [0.25, 0.3) is 0 Å². The standard InChI is InChI=1S/C13H17BrN4S/c1-8(2)13-17-11(15-3)6-12(18-13)16-7-9-4-5-10(14)19-9/h4-6,8H,7H2,1-3H3,(H2,15,16,17,18). The molecule has 0 unspecified atom stereocenters. The normalized spacial score (nSPS) is 10.8. The number of rotatable bonds is 5. The quantitative estimate of drug-likeness (QED) is 0.860. The zero-order valence-electron chi connectivity index (χ0n) is 11.2. The van der Waals surface area contributed by atoms with E-state index in [-0.39, 0.29) is 0 Å². The number of aromatic nitrogens is 2. The fourth-order valence-corrected chi connectivity index (χ4v) is 2.99. The van der Waals surface area contributed by atoms with Gasteiger partial charge in [-0.2, -0.15) is 0 Å². The van der Waals surface area contributed by atoms with Crippen molar-refractivity contribution in [3.63, 3.8) is 0 Å². The minimum Gasteiger partial charge on any atom is -0.373 e. The third-order valence-corrected chi connectivity index (χ3v) is 4.21. The molecule has 19 heavy (non-hydrogen) atoms. The van der Waals surface area contributed by atoms with Gasteiger partial charge in [0, 0.05) is 23.9 Å². The monoisotopic (exact) mass is 340 g/mol. The molecule has 0 spiro atoms. The summed E-state index contributed by atoms with van der Waals surface area (Å²) in [5.41, 5.74) is 0. The molecule has 0 aromatic carbocycles. The largest absolute Gasteiger partial charge is 0.373 e. The Labute approximate surface area is 125 Å². The van der Waals surface area contributed by atoms with Gasteiger partial charge < -0.3 is 10.6 Å². The van der Waals surface area contributed by atoms with E-state index in [4.69, 9.17) is 0 Å². The van der Waals surface area contributed by atoms with Crippen molar-refractivity contribution in [3.05, 3.63) is 32.7 Å². The zero-order chi connectivity index (χ0) is 13.8. The second kappa shape index (κ2) is 6.34. The van der Waals surface area contributed by atoms with E-state index < -0.39 is 0 Å². The van der Waals surface area contributed by atoms with Gasteiger partial charge in [0.05, 0.1) is 10.3 Å². The molecule has 2 aromatic heterocycles. The van der Waals surface area contributed by atoms with Crippen LogP contribution in [-0.2, 0) is 6.54 Å². The Morgan fingerprint density at radius 1 is 1.26 bits per heavy atom. The number of nitrogens with zero attached hydrogens (tertiary/aromatic N) is 2. The molecule has 2 N–H and O–H groups in total. The van der Waals surface area contributed by atoms with Gasteiger partial charge in [0.2, 0.25) is 0 Å². The molecule has 2 heterocycles. The first-order chi connectivity index (χ1) is 9.08. The van der Waals surface area contributed by atoms with Crippen LogP contribution in [0.1, 0.15) is 30.5 Å². The molecule has 0 aliphatic heterocycles. The highest BCUT2D eigenvalue weighted by Crippen LogP contribution is 2.23. The maximum Gasteiger partial charge on any atom is 0.135 e. The van der Waals surface area contributed by atoms with Gasteiger partial charge in [-0.1, -0.05) is 13.8 Å². The first-order valence-electron chi connectivity index (χ1n) is 6.13. The van der Waals surface area contributed by atoms with Gasteiger partial charge in [0.1, 0.15) is 17.5 Å². The third-order valence-electron chi connectivity index (χ3n) is 2.59. The summed E-state index contributed by atoms with van der Waals surface area (Å²) >= 11 is 5.19. The van der Waals surface area contributed by atoms with E-state index in [1.165, 1.54) is 4.88 Å². The Balaban J connectivity index is 2.12. The molecule has 0 bridgehead atoms. The van der Waals surface area contributed by atoms with Gasteiger partial charge >= 0.3 is 0 Å².